The molecule has 19 heavy (non-hydrogen) atoms. The minimum atomic E-state index is 0.0456. The molecule has 1 heterocycles. The van der Waals surface area contributed by atoms with Crippen LogP contribution < -0.4 is 0 Å². The Labute approximate surface area is 121 Å². The maximum Gasteiger partial charge on any atom is 0.166 e. The molecule has 1 atom stereocenters. The van der Waals surface area contributed by atoms with Gasteiger partial charge in [0.25, 0.3) is 0 Å². The van der Waals surface area contributed by atoms with Gasteiger partial charge in [-0.3, -0.25) is 9.78 Å². The van der Waals surface area contributed by atoms with Gasteiger partial charge in [0.2, 0.25) is 0 Å². The van der Waals surface area contributed by atoms with Crippen molar-refractivity contribution in [3.8, 4) is 0 Å². The molecular formula is C15H11Cl2NO. The minimum Gasteiger partial charge on any atom is -0.294 e. The molecule has 2 nitrogen and oxygen atoms in total. The Balaban J connectivity index is 2.03. The molecule has 0 saturated carbocycles. The van der Waals surface area contributed by atoms with Crippen molar-refractivity contribution in [2.75, 3.05) is 0 Å². The number of carbonyl (C=O) groups excluding carboxylic acids is 1. The SMILES string of the molecule is O=C1C[C@H](c2ccccc2Cl)Cc2nccc(Cl)c21. The lowest BCUT2D eigenvalue weighted by Gasteiger charge is -2.24. The number of benzene rings is 1. The van der Waals surface area contributed by atoms with E-state index in [2.05, 4.69) is 4.98 Å². The number of fused-ring (bicyclic) bond motifs is 1. The van der Waals surface area contributed by atoms with E-state index in [1.165, 1.54) is 0 Å². The fourth-order valence-electron chi connectivity index (χ4n) is 2.58. The Kier molecular flexibility index (Phi) is 3.29. The summed E-state index contributed by atoms with van der Waals surface area (Å²) in [6, 6.07) is 9.30. The number of rotatable bonds is 1. The summed E-state index contributed by atoms with van der Waals surface area (Å²) in [6.45, 7) is 0. The number of ketones is 1. The Morgan fingerprint density at radius 3 is 2.63 bits per heavy atom. The lowest BCUT2D eigenvalue weighted by atomic mass is 9.81. The quantitative estimate of drug-likeness (QED) is 0.784. The van der Waals surface area contributed by atoms with E-state index in [9.17, 15) is 4.79 Å². The van der Waals surface area contributed by atoms with Crippen LogP contribution in [-0.2, 0) is 6.42 Å². The van der Waals surface area contributed by atoms with Gasteiger partial charge >= 0.3 is 0 Å². The lowest BCUT2D eigenvalue weighted by molar-refractivity contribution is 0.0963. The zero-order valence-corrected chi connectivity index (χ0v) is 11.6. The smallest absolute Gasteiger partial charge is 0.166 e. The monoisotopic (exact) mass is 291 g/mol. The van der Waals surface area contributed by atoms with E-state index < -0.39 is 0 Å². The van der Waals surface area contributed by atoms with Gasteiger partial charge in [-0.05, 0) is 30.0 Å². The summed E-state index contributed by atoms with van der Waals surface area (Å²) in [5.41, 5.74) is 2.35. The highest BCUT2D eigenvalue weighted by Gasteiger charge is 2.29. The van der Waals surface area contributed by atoms with E-state index in [1.54, 1.807) is 12.3 Å². The van der Waals surface area contributed by atoms with E-state index in [0.29, 0.717) is 28.5 Å². The van der Waals surface area contributed by atoms with Gasteiger partial charge in [-0.25, -0.2) is 0 Å². The first-order valence-electron chi connectivity index (χ1n) is 6.08. The van der Waals surface area contributed by atoms with Crippen molar-refractivity contribution in [2.24, 2.45) is 0 Å². The Hall–Kier alpha value is -1.38. The van der Waals surface area contributed by atoms with Crippen molar-refractivity contribution in [3.63, 3.8) is 0 Å². The van der Waals surface area contributed by atoms with Crippen LogP contribution in [0.2, 0.25) is 10.0 Å². The summed E-state index contributed by atoms with van der Waals surface area (Å²) < 4.78 is 0. The van der Waals surface area contributed by atoms with Crippen molar-refractivity contribution in [1.29, 1.82) is 0 Å². The number of halogens is 2. The Morgan fingerprint density at radius 1 is 1.05 bits per heavy atom. The van der Waals surface area contributed by atoms with Gasteiger partial charge in [0.05, 0.1) is 16.3 Å². The highest BCUT2D eigenvalue weighted by molar-refractivity contribution is 6.34. The zero-order valence-electron chi connectivity index (χ0n) is 10.1. The summed E-state index contributed by atoms with van der Waals surface area (Å²) in [5.74, 6) is 0.129. The first kappa shape index (κ1) is 12.6. The molecule has 0 unspecified atom stereocenters. The van der Waals surface area contributed by atoms with Crippen LogP contribution >= 0.6 is 23.2 Å². The molecule has 1 aromatic carbocycles. The average molecular weight is 292 g/mol. The van der Waals surface area contributed by atoms with E-state index >= 15 is 0 Å². The number of hydrogen-bond acceptors (Lipinski definition) is 2. The fraction of sp³-hybridized carbons (Fsp3) is 0.200. The molecule has 0 spiro atoms. The summed E-state index contributed by atoms with van der Waals surface area (Å²) in [5, 5.41) is 1.19. The molecule has 0 bridgehead atoms. The minimum absolute atomic E-state index is 0.0456. The molecule has 96 valence electrons. The molecule has 1 aliphatic carbocycles. The standard InChI is InChI=1S/C15H11Cl2NO/c16-11-4-2-1-3-10(11)9-7-13-15(14(19)8-9)12(17)5-6-18-13/h1-6,9H,7-8H2/t9-/m1/s1. The van der Waals surface area contributed by atoms with Gasteiger partial charge in [0.15, 0.2) is 5.78 Å². The van der Waals surface area contributed by atoms with Crippen LogP contribution in [0.15, 0.2) is 36.5 Å². The molecule has 0 saturated heterocycles. The number of carbonyl (C=O) groups is 1. The first-order chi connectivity index (χ1) is 9.16. The van der Waals surface area contributed by atoms with Crippen LogP contribution in [-0.4, -0.2) is 10.8 Å². The summed E-state index contributed by atoms with van der Waals surface area (Å²) in [7, 11) is 0. The molecule has 3 rings (SSSR count). The van der Waals surface area contributed by atoms with Crippen molar-refractivity contribution in [2.45, 2.75) is 18.8 Å². The molecule has 0 aliphatic heterocycles. The maximum absolute atomic E-state index is 12.2. The third kappa shape index (κ3) is 2.26. The van der Waals surface area contributed by atoms with Crippen LogP contribution in [0, 0.1) is 0 Å². The molecule has 1 aliphatic rings. The molecule has 4 heteroatoms. The predicted octanol–water partition coefficient (Wildman–Crippen LogP) is 4.30. The molecule has 1 aromatic heterocycles. The molecular weight excluding hydrogens is 281 g/mol. The van der Waals surface area contributed by atoms with E-state index in [0.717, 1.165) is 11.3 Å². The van der Waals surface area contributed by atoms with E-state index in [1.807, 2.05) is 24.3 Å². The highest BCUT2D eigenvalue weighted by Crippen LogP contribution is 2.36. The van der Waals surface area contributed by atoms with Gasteiger partial charge in [-0.2, -0.15) is 0 Å². The molecule has 0 amide bonds. The first-order valence-corrected chi connectivity index (χ1v) is 6.83. The van der Waals surface area contributed by atoms with Crippen LogP contribution in [0.5, 0.6) is 0 Å². The number of pyridine rings is 1. The summed E-state index contributed by atoms with van der Waals surface area (Å²) in [4.78, 5) is 16.5. The van der Waals surface area contributed by atoms with Crippen LogP contribution in [0.1, 0.15) is 34.0 Å². The molecule has 0 fully saturated rings. The summed E-state index contributed by atoms with van der Waals surface area (Å²) in [6.07, 6.45) is 2.77. The molecule has 0 radical (unpaired) electrons. The van der Waals surface area contributed by atoms with Crippen molar-refractivity contribution >= 4 is 29.0 Å². The Morgan fingerprint density at radius 2 is 1.84 bits per heavy atom. The lowest BCUT2D eigenvalue weighted by Crippen LogP contribution is -2.20. The van der Waals surface area contributed by atoms with E-state index in [-0.39, 0.29) is 11.7 Å². The van der Waals surface area contributed by atoms with Crippen molar-refractivity contribution < 1.29 is 4.79 Å². The largest absolute Gasteiger partial charge is 0.294 e. The van der Waals surface area contributed by atoms with Crippen LogP contribution in [0.4, 0.5) is 0 Å². The van der Waals surface area contributed by atoms with E-state index in [4.69, 9.17) is 23.2 Å². The normalized spacial score (nSPS) is 18.2. The van der Waals surface area contributed by atoms with Gasteiger partial charge in [-0.15, -0.1) is 0 Å². The van der Waals surface area contributed by atoms with Gasteiger partial charge in [0, 0.05) is 17.6 Å². The van der Waals surface area contributed by atoms with Gasteiger partial charge in [-0.1, -0.05) is 41.4 Å². The second-order valence-corrected chi connectivity index (χ2v) is 5.48. The summed E-state index contributed by atoms with van der Waals surface area (Å²) >= 11 is 12.3. The van der Waals surface area contributed by atoms with Crippen LogP contribution in [0.25, 0.3) is 0 Å². The second kappa shape index (κ2) is 4.95. The van der Waals surface area contributed by atoms with Crippen LogP contribution in [0.3, 0.4) is 0 Å². The number of nitrogens with zero attached hydrogens (tertiary/aromatic N) is 1. The topological polar surface area (TPSA) is 30.0 Å². The zero-order chi connectivity index (χ0) is 13.4. The van der Waals surface area contributed by atoms with Crippen molar-refractivity contribution in [1.82, 2.24) is 4.98 Å². The number of Topliss-reactive ketones (excluding diaryl/α,β-unsaturated/α-hetero) is 1. The van der Waals surface area contributed by atoms with Gasteiger partial charge < -0.3 is 0 Å². The third-order valence-electron chi connectivity index (χ3n) is 3.47. The maximum atomic E-state index is 12.2. The van der Waals surface area contributed by atoms with Gasteiger partial charge in [0.1, 0.15) is 0 Å². The fourth-order valence-corrected chi connectivity index (χ4v) is 3.15. The second-order valence-electron chi connectivity index (χ2n) is 4.66. The van der Waals surface area contributed by atoms with Crippen molar-refractivity contribution in [3.05, 3.63) is 63.4 Å². The molecule has 0 N–H and O–H groups in total. The average Bonchev–Trinajstić information content (AvgIpc) is 2.39. The highest BCUT2D eigenvalue weighted by atomic mass is 35.5. The molecule has 2 aromatic rings. The number of hydrogen-bond donors (Lipinski definition) is 0. The third-order valence-corrected chi connectivity index (χ3v) is 4.13. The predicted molar refractivity (Wildman–Crippen MR) is 76.1 cm³/mol. The number of aromatic nitrogens is 1. The Bertz CT molecular complexity index is 654.